The van der Waals surface area contributed by atoms with Crippen LogP contribution in [0.4, 0.5) is 5.69 Å². The second-order valence-corrected chi connectivity index (χ2v) is 5.56. The zero-order valence-electron chi connectivity index (χ0n) is 15.1. The molecule has 0 aliphatic carbocycles. The maximum atomic E-state index is 12.6. The molecule has 6 nitrogen and oxygen atoms in total. The van der Waals surface area contributed by atoms with E-state index in [1.54, 1.807) is 24.3 Å². The zero-order valence-corrected chi connectivity index (χ0v) is 15.1. The van der Waals surface area contributed by atoms with Gasteiger partial charge in [0.2, 0.25) is 5.75 Å². The van der Waals surface area contributed by atoms with Gasteiger partial charge in [0.1, 0.15) is 5.75 Å². The predicted molar refractivity (Wildman–Crippen MR) is 96.3 cm³/mol. The lowest BCUT2D eigenvalue weighted by Gasteiger charge is -2.14. The maximum Gasteiger partial charge on any atom is 0.255 e. The summed E-state index contributed by atoms with van der Waals surface area (Å²) in [6, 6.07) is 10.4. The Labute approximate surface area is 147 Å². The van der Waals surface area contributed by atoms with Crippen LogP contribution in [0.5, 0.6) is 23.0 Å². The van der Waals surface area contributed by atoms with Crippen LogP contribution in [0.25, 0.3) is 0 Å². The van der Waals surface area contributed by atoms with Crippen LogP contribution in [0.15, 0.2) is 36.4 Å². The molecule has 0 fully saturated rings. The number of carbonyl (C=O) groups excluding carboxylic acids is 1. The summed E-state index contributed by atoms with van der Waals surface area (Å²) in [6.45, 7) is 3.89. The average Bonchev–Trinajstić information content (AvgIpc) is 2.59. The summed E-state index contributed by atoms with van der Waals surface area (Å²) in [5.41, 5.74) is 1.03. The fourth-order valence-corrected chi connectivity index (χ4v) is 2.33. The van der Waals surface area contributed by atoms with Crippen molar-refractivity contribution in [2.45, 2.75) is 20.0 Å². The molecule has 2 aromatic rings. The second kappa shape index (κ2) is 8.28. The lowest BCUT2D eigenvalue weighted by atomic mass is 10.1. The van der Waals surface area contributed by atoms with Gasteiger partial charge in [-0.15, -0.1) is 0 Å². The number of nitrogens with one attached hydrogen (secondary N) is 1. The molecule has 2 rings (SSSR count). The molecule has 0 heterocycles. The van der Waals surface area contributed by atoms with Gasteiger partial charge in [0.15, 0.2) is 11.5 Å². The Morgan fingerprint density at radius 3 is 2.12 bits per heavy atom. The molecule has 1 N–H and O–H groups in total. The molecule has 25 heavy (non-hydrogen) atoms. The average molecular weight is 345 g/mol. The van der Waals surface area contributed by atoms with Crippen LogP contribution >= 0.6 is 0 Å². The van der Waals surface area contributed by atoms with E-state index < -0.39 is 0 Å². The topological polar surface area (TPSA) is 66.0 Å². The van der Waals surface area contributed by atoms with E-state index in [0.717, 1.165) is 0 Å². The van der Waals surface area contributed by atoms with Gasteiger partial charge in [0.05, 0.1) is 27.4 Å². The van der Waals surface area contributed by atoms with Gasteiger partial charge in [-0.3, -0.25) is 4.79 Å². The molecule has 0 saturated heterocycles. The molecule has 0 aliphatic heterocycles. The van der Waals surface area contributed by atoms with Crippen LogP contribution in [0, 0.1) is 0 Å². The van der Waals surface area contributed by atoms with Crippen LogP contribution < -0.4 is 24.3 Å². The first kappa shape index (κ1) is 18.4. The van der Waals surface area contributed by atoms with Gasteiger partial charge in [-0.25, -0.2) is 0 Å². The minimum absolute atomic E-state index is 0.0565. The van der Waals surface area contributed by atoms with Gasteiger partial charge >= 0.3 is 0 Å². The van der Waals surface area contributed by atoms with Gasteiger partial charge in [-0.1, -0.05) is 6.07 Å². The number of methoxy groups -OCH3 is 3. The van der Waals surface area contributed by atoms with E-state index in [-0.39, 0.29) is 12.0 Å². The normalized spacial score (nSPS) is 10.3. The first-order valence-electron chi connectivity index (χ1n) is 7.86. The molecule has 0 saturated carbocycles. The number of ether oxygens (including phenoxy) is 4. The molecule has 0 unspecified atom stereocenters. The Kier molecular flexibility index (Phi) is 6.11. The van der Waals surface area contributed by atoms with Crippen LogP contribution in [0.2, 0.25) is 0 Å². The molecule has 0 atom stereocenters. The monoisotopic (exact) mass is 345 g/mol. The molecule has 0 radical (unpaired) electrons. The Morgan fingerprint density at radius 1 is 0.960 bits per heavy atom. The van der Waals surface area contributed by atoms with E-state index in [1.165, 1.54) is 21.3 Å². The Balaban J connectivity index is 2.26. The third kappa shape index (κ3) is 4.56. The van der Waals surface area contributed by atoms with Crippen LogP contribution in [0.1, 0.15) is 24.2 Å². The third-order valence-electron chi connectivity index (χ3n) is 3.39. The quantitative estimate of drug-likeness (QED) is 0.828. The van der Waals surface area contributed by atoms with Gasteiger partial charge in [-0.2, -0.15) is 0 Å². The molecule has 134 valence electrons. The van der Waals surface area contributed by atoms with Crippen molar-refractivity contribution in [1.82, 2.24) is 0 Å². The summed E-state index contributed by atoms with van der Waals surface area (Å²) in [5.74, 6) is 1.68. The summed E-state index contributed by atoms with van der Waals surface area (Å²) < 4.78 is 21.5. The highest BCUT2D eigenvalue weighted by atomic mass is 16.5. The van der Waals surface area contributed by atoms with Crippen LogP contribution in [-0.4, -0.2) is 33.3 Å². The number of carbonyl (C=O) groups is 1. The molecular formula is C19H23NO5. The van der Waals surface area contributed by atoms with E-state index in [9.17, 15) is 4.79 Å². The standard InChI is InChI=1S/C19H23NO5/c1-12(2)25-15-8-6-7-14(11-15)20-19(21)13-9-16(22-3)18(24-5)17(10-13)23-4/h6-12H,1-5H3,(H,20,21). The van der Waals surface area contributed by atoms with Crippen molar-refractivity contribution in [3.05, 3.63) is 42.0 Å². The smallest absolute Gasteiger partial charge is 0.255 e. The van der Waals surface area contributed by atoms with Crippen LogP contribution in [-0.2, 0) is 0 Å². The lowest BCUT2D eigenvalue weighted by molar-refractivity contribution is 0.102. The summed E-state index contributed by atoms with van der Waals surface area (Å²) in [4.78, 5) is 12.6. The number of rotatable bonds is 7. The van der Waals surface area contributed by atoms with E-state index in [4.69, 9.17) is 18.9 Å². The third-order valence-corrected chi connectivity index (χ3v) is 3.39. The molecule has 1 amide bonds. The van der Waals surface area contributed by atoms with Crippen molar-refractivity contribution in [3.8, 4) is 23.0 Å². The van der Waals surface area contributed by atoms with E-state index in [2.05, 4.69) is 5.32 Å². The minimum atomic E-state index is -0.291. The number of anilines is 1. The van der Waals surface area contributed by atoms with Gasteiger partial charge in [0, 0.05) is 17.3 Å². The summed E-state index contributed by atoms with van der Waals surface area (Å²) in [7, 11) is 4.53. The molecular weight excluding hydrogens is 322 g/mol. The van der Waals surface area contributed by atoms with Gasteiger partial charge < -0.3 is 24.3 Å². The van der Waals surface area contributed by atoms with Crippen molar-refractivity contribution >= 4 is 11.6 Å². The van der Waals surface area contributed by atoms with Crippen molar-refractivity contribution in [1.29, 1.82) is 0 Å². The van der Waals surface area contributed by atoms with Crippen LogP contribution in [0.3, 0.4) is 0 Å². The predicted octanol–water partition coefficient (Wildman–Crippen LogP) is 3.75. The van der Waals surface area contributed by atoms with Crippen molar-refractivity contribution in [2.75, 3.05) is 26.6 Å². The number of amides is 1. The summed E-state index contributed by atoms with van der Waals surface area (Å²) >= 11 is 0. The van der Waals surface area contributed by atoms with Crippen molar-refractivity contribution in [3.63, 3.8) is 0 Å². The van der Waals surface area contributed by atoms with E-state index in [0.29, 0.717) is 34.2 Å². The van der Waals surface area contributed by atoms with E-state index in [1.807, 2.05) is 26.0 Å². The fraction of sp³-hybridized carbons (Fsp3) is 0.316. The summed E-state index contributed by atoms with van der Waals surface area (Å²) in [6.07, 6.45) is 0.0565. The number of benzene rings is 2. The molecule has 0 bridgehead atoms. The summed E-state index contributed by atoms with van der Waals surface area (Å²) in [5, 5.41) is 2.84. The second-order valence-electron chi connectivity index (χ2n) is 5.56. The first-order chi connectivity index (χ1) is 12.0. The Bertz CT molecular complexity index is 717. The maximum absolute atomic E-state index is 12.6. The SMILES string of the molecule is COc1cc(C(=O)Nc2cccc(OC(C)C)c2)cc(OC)c1OC. The fourth-order valence-electron chi connectivity index (χ4n) is 2.33. The molecule has 6 heteroatoms. The highest BCUT2D eigenvalue weighted by Crippen LogP contribution is 2.38. The highest BCUT2D eigenvalue weighted by Gasteiger charge is 2.17. The molecule has 0 aliphatic rings. The van der Waals surface area contributed by atoms with Crippen molar-refractivity contribution in [2.24, 2.45) is 0 Å². The zero-order chi connectivity index (χ0) is 18.4. The van der Waals surface area contributed by atoms with Gasteiger partial charge in [-0.05, 0) is 38.1 Å². The Hall–Kier alpha value is -2.89. The Morgan fingerprint density at radius 2 is 1.60 bits per heavy atom. The number of hydrogen-bond donors (Lipinski definition) is 1. The van der Waals surface area contributed by atoms with Gasteiger partial charge in [0.25, 0.3) is 5.91 Å². The number of hydrogen-bond acceptors (Lipinski definition) is 5. The molecule has 2 aromatic carbocycles. The highest BCUT2D eigenvalue weighted by molar-refractivity contribution is 6.05. The first-order valence-corrected chi connectivity index (χ1v) is 7.86. The van der Waals surface area contributed by atoms with E-state index >= 15 is 0 Å². The molecule has 0 aromatic heterocycles. The largest absolute Gasteiger partial charge is 0.493 e. The molecule has 0 spiro atoms. The minimum Gasteiger partial charge on any atom is -0.493 e. The lowest BCUT2D eigenvalue weighted by Crippen LogP contribution is -2.13. The van der Waals surface area contributed by atoms with Crippen molar-refractivity contribution < 1.29 is 23.7 Å².